The molecule has 212 valence electrons. The molecule has 8 nitrogen and oxygen atoms in total. The molecular formula is C25H27F6N5O3. The lowest BCUT2D eigenvalue weighted by atomic mass is 10.0. The highest BCUT2D eigenvalue weighted by atomic mass is 19.4. The van der Waals surface area contributed by atoms with Crippen LogP contribution in [0.15, 0.2) is 48.5 Å². The fourth-order valence-electron chi connectivity index (χ4n) is 4.37. The molecule has 0 aliphatic carbocycles. The lowest BCUT2D eigenvalue weighted by molar-refractivity contribution is -0.159. The van der Waals surface area contributed by atoms with E-state index in [0.29, 0.717) is 12.1 Å². The molecule has 0 aromatic heterocycles. The first-order valence-corrected chi connectivity index (χ1v) is 11.8. The number of carbonyl (C=O) groups is 3. The highest BCUT2D eigenvalue weighted by Gasteiger charge is 2.43. The van der Waals surface area contributed by atoms with Gasteiger partial charge in [0.05, 0.1) is 17.7 Å². The van der Waals surface area contributed by atoms with E-state index in [0.717, 1.165) is 5.56 Å². The van der Waals surface area contributed by atoms with Crippen molar-refractivity contribution < 1.29 is 40.7 Å². The minimum absolute atomic E-state index is 0.00860. The maximum atomic E-state index is 13.1. The minimum Gasteiger partial charge on any atom is -0.334 e. The van der Waals surface area contributed by atoms with Gasteiger partial charge in [-0.1, -0.05) is 30.3 Å². The molecule has 0 bridgehead atoms. The summed E-state index contributed by atoms with van der Waals surface area (Å²) in [4.78, 5) is 42.1. The Balaban J connectivity index is 0.00000205. The summed E-state index contributed by atoms with van der Waals surface area (Å²) >= 11 is 0. The summed E-state index contributed by atoms with van der Waals surface area (Å²) < 4.78 is 78.8. The first-order valence-electron chi connectivity index (χ1n) is 11.8. The van der Waals surface area contributed by atoms with E-state index < -0.39 is 42.2 Å². The summed E-state index contributed by atoms with van der Waals surface area (Å²) in [6.07, 6.45) is -10.9. The Morgan fingerprint density at radius 2 is 1.51 bits per heavy atom. The summed E-state index contributed by atoms with van der Waals surface area (Å²) in [6.45, 7) is -0.610. The van der Waals surface area contributed by atoms with Gasteiger partial charge in [0.1, 0.15) is 12.7 Å². The van der Waals surface area contributed by atoms with E-state index in [4.69, 9.17) is 0 Å². The van der Waals surface area contributed by atoms with Crippen molar-refractivity contribution in [1.29, 1.82) is 0 Å². The molecule has 4 rings (SSSR count). The average Bonchev–Trinajstić information content (AvgIpc) is 2.89. The highest BCUT2D eigenvalue weighted by Crippen LogP contribution is 2.36. The van der Waals surface area contributed by atoms with E-state index in [1.54, 1.807) is 12.1 Å². The molecule has 2 aliphatic heterocycles. The maximum absolute atomic E-state index is 13.1. The van der Waals surface area contributed by atoms with Crippen molar-refractivity contribution in [3.05, 3.63) is 70.8 Å². The van der Waals surface area contributed by atoms with Gasteiger partial charge >= 0.3 is 18.4 Å². The van der Waals surface area contributed by atoms with Crippen molar-refractivity contribution in [3.63, 3.8) is 0 Å². The fraction of sp³-hybridized carbons (Fsp3) is 0.400. The Hall–Kier alpha value is -3.81. The second kappa shape index (κ2) is 11.9. The number of hydrogen-bond donors (Lipinski definition) is 2. The van der Waals surface area contributed by atoms with Gasteiger partial charge in [-0.2, -0.15) is 26.3 Å². The number of nitrogens with one attached hydrogen (secondary N) is 1. The van der Waals surface area contributed by atoms with E-state index in [1.165, 1.54) is 21.7 Å². The second-order valence-electron chi connectivity index (χ2n) is 8.78. The number of benzene rings is 2. The number of hydrogen-bond acceptors (Lipinski definition) is 4. The van der Waals surface area contributed by atoms with Crippen molar-refractivity contribution in [1.82, 2.24) is 20.0 Å². The van der Waals surface area contributed by atoms with Crippen LogP contribution in [-0.4, -0.2) is 65.4 Å². The van der Waals surface area contributed by atoms with Gasteiger partial charge in [-0.25, -0.2) is 4.79 Å². The second-order valence-corrected chi connectivity index (χ2v) is 8.78. The molecule has 2 heterocycles. The first kappa shape index (κ1) is 29.7. The normalized spacial score (nSPS) is 17.8. The molecule has 1 unspecified atom stereocenters. The zero-order valence-corrected chi connectivity index (χ0v) is 20.9. The number of carbonyl (C=O) groups excluding carboxylic acids is 3. The van der Waals surface area contributed by atoms with E-state index in [-0.39, 0.29) is 56.0 Å². The Morgan fingerprint density at radius 3 is 2.08 bits per heavy atom. The van der Waals surface area contributed by atoms with Gasteiger partial charge in [-0.15, -0.1) is 0 Å². The molecule has 2 aliphatic rings. The zero-order chi connectivity index (χ0) is 29.0. The molecule has 0 saturated carbocycles. The molecule has 2 aromatic rings. The van der Waals surface area contributed by atoms with Crippen molar-refractivity contribution in [2.45, 2.75) is 38.0 Å². The quantitative estimate of drug-likeness (QED) is 0.561. The van der Waals surface area contributed by atoms with Gasteiger partial charge < -0.3 is 25.8 Å². The van der Waals surface area contributed by atoms with Gasteiger partial charge in [0, 0.05) is 26.1 Å². The van der Waals surface area contributed by atoms with Crippen molar-refractivity contribution >= 4 is 17.8 Å². The highest BCUT2D eigenvalue weighted by molar-refractivity contribution is 5.88. The van der Waals surface area contributed by atoms with Crippen LogP contribution in [-0.2, 0) is 35.0 Å². The summed E-state index contributed by atoms with van der Waals surface area (Å²) in [6, 6.07) is 9.39. The average molecular weight is 560 g/mol. The Labute approximate surface area is 220 Å². The topological polar surface area (TPSA) is 99.0 Å². The Morgan fingerprint density at radius 1 is 0.923 bits per heavy atom. The van der Waals surface area contributed by atoms with Crippen LogP contribution < -0.4 is 11.1 Å². The third kappa shape index (κ3) is 7.19. The number of nitrogens with two attached hydrogens (primary N) is 1. The van der Waals surface area contributed by atoms with Gasteiger partial charge in [0.15, 0.2) is 0 Å². The summed E-state index contributed by atoms with van der Waals surface area (Å²) in [5, 5.41) is 2.36. The molecule has 3 N–H and O–H groups in total. The number of fused-ring (bicyclic) bond motifs is 1. The maximum Gasteiger partial charge on any atom is 0.416 e. The van der Waals surface area contributed by atoms with Crippen LogP contribution >= 0.6 is 0 Å². The van der Waals surface area contributed by atoms with Crippen molar-refractivity contribution in [3.8, 4) is 0 Å². The monoisotopic (exact) mass is 559 g/mol. The molecule has 4 amide bonds. The van der Waals surface area contributed by atoms with E-state index in [9.17, 15) is 40.7 Å². The van der Waals surface area contributed by atoms with Crippen LogP contribution in [0.3, 0.4) is 0 Å². The lowest BCUT2D eigenvalue weighted by Gasteiger charge is -2.48. The smallest absolute Gasteiger partial charge is 0.334 e. The number of rotatable bonds is 4. The summed E-state index contributed by atoms with van der Waals surface area (Å²) in [5.74, 6) is -0.631. The summed E-state index contributed by atoms with van der Waals surface area (Å²) in [7, 11) is 1.50. The zero-order valence-electron chi connectivity index (χ0n) is 20.9. The first-order chi connectivity index (χ1) is 18.3. The predicted octanol–water partition coefficient (Wildman–Crippen LogP) is 3.41. The number of halogens is 6. The standard InChI is InChI=1S/C24H22F6N4O3.CH5N/c25-23(26,27)17-8-16(9-18(10-17)24(28,29)30)11-31-22(37)33-7-6-20(35)34-14-21(36)32(13-19(33)34)12-15-4-2-1-3-5-15;1-2/h1-5,8-10,19H,6-7,11-14H2,(H,31,37);2H2,1H3. The van der Waals surface area contributed by atoms with Gasteiger partial charge in [-0.3, -0.25) is 9.59 Å². The largest absolute Gasteiger partial charge is 0.416 e. The molecule has 14 heteroatoms. The third-order valence-electron chi connectivity index (χ3n) is 6.22. The van der Waals surface area contributed by atoms with Gasteiger partial charge in [-0.05, 0) is 36.4 Å². The van der Waals surface area contributed by atoms with E-state index >= 15 is 0 Å². The lowest BCUT2D eigenvalue weighted by Crippen LogP contribution is -2.68. The van der Waals surface area contributed by atoms with Crippen LogP contribution in [0, 0.1) is 0 Å². The number of nitrogens with zero attached hydrogens (tertiary/aromatic N) is 3. The van der Waals surface area contributed by atoms with Gasteiger partial charge in [0.2, 0.25) is 11.8 Å². The van der Waals surface area contributed by atoms with Crippen LogP contribution in [0.4, 0.5) is 31.1 Å². The van der Waals surface area contributed by atoms with Gasteiger partial charge in [0.25, 0.3) is 0 Å². The third-order valence-corrected chi connectivity index (χ3v) is 6.22. The molecule has 0 radical (unpaired) electrons. The molecular weight excluding hydrogens is 532 g/mol. The van der Waals surface area contributed by atoms with Crippen LogP contribution in [0.25, 0.3) is 0 Å². The van der Waals surface area contributed by atoms with Crippen LogP contribution in [0.2, 0.25) is 0 Å². The molecule has 39 heavy (non-hydrogen) atoms. The predicted molar refractivity (Wildman–Crippen MR) is 127 cm³/mol. The van der Waals surface area contributed by atoms with Crippen molar-refractivity contribution in [2.75, 3.05) is 26.7 Å². The Bertz CT molecular complexity index is 1160. The van der Waals surface area contributed by atoms with E-state index in [2.05, 4.69) is 11.1 Å². The van der Waals surface area contributed by atoms with Crippen LogP contribution in [0.1, 0.15) is 28.7 Å². The minimum atomic E-state index is -5.01. The number of amides is 4. The molecule has 1 atom stereocenters. The van der Waals surface area contributed by atoms with Crippen LogP contribution in [0.5, 0.6) is 0 Å². The molecule has 2 saturated heterocycles. The van der Waals surface area contributed by atoms with E-state index in [1.807, 2.05) is 18.2 Å². The number of urea groups is 1. The fourth-order valence-corrected chi connectivity index (χ4v) is 4.37. The number of piperazine rings is 1. The Kier molecular flexibility index (Phi) is 9.10. The molecule has 2 fully saturated rings. The molecule has 0 spiro atoms. The van der Waals surface area contributed by atoms with Crippen molar-refractivity contribution in [2.24, 2.45) is 5.73 Å². The summed E-state index contributed by atoms with van der Waals surface area (Å²) in [5.41, 5.74) is 1.99. The SMILES string of the molecule is CN.O=C1CN2C(=O)CCN(C(=O)NCc3cc(C(F)(F)F)cc(C(F)(F)F)c3)C2CN1Cc1ccccc1. The number of alkyl halides is 6. The molecule has 2 aromatic carbocycles.